The topological polar surface area (TPSA) is 43.1 Å². The third kappa shape index (κ3) is 7.82. The van der Waals surface area contributed by atoms with Gasteiger partial charge in [0.25, 0.3) is 0 Å². The molecule has 0 aromatic rings. The molecule has 1 aliphatic carbocycles. The molecule has 0 aromatic carbocycles. The second-order valence-electron chi connectivity index (χ2n) is 4.27. The monoisotopic (exact) mass is 185 g/mol. The quantitative estimate of drug-likeness (QED) is 0.660. The number of carbonyl (C=O) groups excluding carboxylic acids is 1. The average molecular weight is 185 g/mol. The van der Waals surface area contributed by atoms with Crippen LogP contribution in [-0.2, 0) is 4.79 Å². The highest BCUT2D eigenvalue weighted by Gasteiger charge is 2.13. The van der Waals surface area contributed by atoms with Gasteiger partial charge in [-0.3, -0.25) is 4.79 Å². The predicted molar refractivity (Wildman–Crippen MR) is 56.3 cm³/mol. The van der Waals surface area contributed by atoms with E-state index in [-0.39, 0.29) is 6.41 Å². The molecular weight excluding hydrogens is 162 g/mol. The molecule has 0 saturated heterocycles. The number of amides is 1. The Morgan fingerprint density at radius 2 is 1.77 bits per heavy atom. The van der Waals surface area contributed by atoms with Crippen molar-refractivity contribution in [3.8, 4) is 0 Å². The number of carbonyl (C=O) groups is 1. The van der Waals surface area contributed by atoms with Crippen LogP contribution in [0.5, 0.6) is 0 Å². The van der Waals surface area contributed by atoms with Crippen LogP contribution in [0.3, 0.4) is 0 Å². The number of hydrogen-bond acceptors (Lipinski definition) is 1. The summed E-state index contributed by atoms with van der Waals surface area (Å²) in [5.41, 5.74) is 4.17. The molecule has 1 rings (SSSR count). The number of hydrogen-bond donors (Lipinski definition) is 1. The van der Waals surface area contributed by atoms with Crippen LogP contribution in [0, 0.1) is 11.8 Å². The summed E-state index contributed by atoms with van der Waals surface area (Å²) in [7, 11) is 0. The first-order valence-corrected chi connectivity index (χ1v) is 5.36. The lowest BCUT2D eigenvalue weighted by Gasteiger charge is -2.22. The van der Waals surface area contributed by atoms with E-state index in [4.69, 9.17) is 4.79 Å². The fraction of sp³-hybridized carbons (Fsp3) is 0.909. The van der Waals surface area contributed by atoms with Crippen molar-refractivity contribution in [3.63, 3.8) is 0 Å². The first-order chi connectivity index (χ1) is 6.20. The van der Waals surface area contributed by atoms with Crippen LogP contribution in [0.4, 0.5) is 0 Å². The molecule has 0 spiro atoms. The summed E-state index contributed by atoms with van der Waals surface area (Å²) in [4.78, 5) is 8.58. The normalized spacial score (nSPS) is 17.8. The summed E-state index contributed by atoms with van der Waals surface area (Å²) in [6.45, 7) is 4.68. The van der Waals surface area contributed by atoms with E-state index in [9.17, 15) is 0 Å². The Morgan fingerprint density at radius 3 is 2.15 bits per heavy atom. The lowest BCUT2D eigenvalue weighted by atomic mass is 9.84. The summed E-state index contributed by atoms with van der Waals surface area (Å²) in [5.74, 6) is 2.00. The van der Waals surface area contributed by atoms with Crippen LogP contribution in [0.1, 0.15) is 52.4 Å². The standard InChI is InChI=1S/C10H20.CH3NO/c1-9(2)8-10-6-4-3-5-7-10;2-1-3/h9-10H,3-8H2,1-2H3;1H,(H2,2,3). The predicted octanol–water partition coefficient (Wildman–Crippen LogP) is 2.71. The fourth-order valence-corrected chi connectivity index (χ4v) is 2.09. The zero-order valence-corrected chi connectivity index (χ0v) is 8.96. The van der Waals surface area contributed by atoms with Crippen LogP contribution in [0.15, 0.2) is 0 Å². The van der Waals surface area contributed by atoms with Gasteiger partial charge in [-0.15, -0.1) is 0 Å². The molecule has 1 saturated carbocycles. The molecule has 1 fully saturated rings. The largest absolute Gasteiger partial charge is 0.372 e. The van der Waals surface area contributed by atoms with Crippen molar-refractivity contribution in [1.82, 2.24) is 0 Å². The van der Waals surface area contributed by atoms with Crippen molar-refractivity contribution < 1.29 is 4.79 Å². The molecule has 1 aliphatic rings. The molecule has 0 heterocycles. The van der Waals surface area contributed by atoms with Gasteiger partial charge in [0.15, 0.2) is 0 Å². The van der Waals surface area contributed by atoms with Gasteiger partial charge in [-0.05, 0) is 18.3 Å². The van der Waals surface area contributed by atoms with Crippen LogP contribution in [0.25, 0.3) is 0 Å². The van der Waals surface area contributed by atoms with E-state index in [1.165, 1.54) is 38.5 Å². The van der Waals surface area contributed by atoms with E-state index < -0.39 is 0 Å². The van der Waals surface area contributed by atoms with Gasteiger partial charge in [-0.2, -0.15) is 0 Å². The van der Waals surface area contributed by atoms with Gasteiger partial charge in [-0.1, -0.05) is 46.0 Å². The molecular formula is C11H23NO. The Balaban J connectivity index is 0.000000424. The molecule has 2 N–H and O–H groups in total. The number of nitrogens with two attached hydrogens (primary N) is 1. The minimum Gasteiger partial charge on any atom is -0.372 e. The van der Waals surface area contributed by atoms with Crippen LogP contribution < -0.4 is 5.73 Å². The first-order valence-electron chi connectivity index (χ1n) is 5.36. The summed E-state index contributed by atoms with van der Waals surface area (Å²) < 4.78 is 0. The Hall–Kier alpha value is -0.530. The molecule has 13 heavy (non-hydrogen) atoms. The maximum absolute atomic E-state index is 8.58. The highest BCUT2D eigenvalue weighted by atomic mass is 16.1. The lowest BCUT2D eigenvalue weighted by molar-refractivity contribution is -0.106. The minimum atomic E-state index is 0.250. The summed E-state index contributed by atoms with van der Waals surface area (Å²) in [5, 5.41) is 0. The average Bonchev–Trinajstić information content (AvgIpc) is 2.06. The Kier molecular flexibility index (Phi) is 7.76. The molecule has 0 atom stereocenters. The lowest BCUT2D eigenvalue weighted by Crippen LogP contribution is -2.08. The van der Waals surface area contributed by atoms with Crippen molar-refractivity contribution in [1.29, 1.82) is 0 Å². The van der Waals surface area contributed by atoms with E-state index in [1.54, 1.807) is 0 Å². The molecule has 0 radical (unpaired) electrons. The SMILES string of the molecule is CC(C)CC1CCCCC1.NC=O. The third-order valence-electron chi connectivity index (χ3n) is 2.53. The molecule has 0 unspecified atom stereocenters. The Bertz CT molecular complexity index is 117. The zero-order chi connectivity index (χ0) is 10.1. The molecule has 2 heteroatoms. The van der Waals surface area contributed by atoms with Crippen LogP contribution >= 0.6 is 0 Å². The summed E-state index contributed by atoms with van der Waals surface area (Å²) in [6.07, 6.45) is 9.24. The van der Waals surface area contributed by atoms with E-state index >= 15 is 0 Å². The maximum atomic E-state index is 8.58. The van der Waals surface area contributed by atoms with Gasteiger partial charge < -0.3 is 5.73 Å². The number of primary amides is 1. The van der Waals surface area contributed by atoms with E-state index in [0.29, 0.717) is 0 Å². The van der Waals surface area contributed by atoms with Crippen molar-refractivity contribution in [2.24, 2.45) is 17.6 Å². The molecule has 0 bridgehead atoms. The minimum absolute atomic E-state index is 0.250. The van der Waals surface area contributed by atoms with Gasteiger partial charge in [0.05, 0.1) is 0 Å². The van der Waals surface area contributed by atoms with Crippen LogP contribution in [0.2, 0.25) is 0 Å². The van der Waals surface area contributed by atoms with Gasteiger partial charge in [0.2, 0.25) is 6.41 Å². The van der Waals surface area contributed by atoms with Crippen molar-refractivity contribution in [3.05, 3.63) is 0 Å². The van der Waals surface area contributed by atoms with Crippen molar-refractivity contribution >= 4 is 6.41 Å². The highest BCUT2D eigenvalue weighted by Crippen LogP contribution is 2.28. The second kappa shape index (κ2) is 8.09. The van der Waals surface area contributed by atoms with E-state index in [0.717, 1.165) is 11.8 Å². The van der Waals surface area contributed by atoms with Crippen molar-refractivity contribution in [2.45, 2.75) is 52.4 Å². The maximum Gasteiger partial charge on any atom is 0.204 e. The highest BCUT2D eigenvalue weighted by molar-refractivity contribution is 5.42. The Morgan fingerprint density at radius 1 is 1.31 bits per heavy atom. The second-order valence-corrected chi connectivity index (χ2v) is 4.27. The summed E-state index contributed by atoms with van der Waals surface area (Å²) >= 11 is 0. The van der Waals surface area contributed by atoms with Crippen molar-refractivity contribution in [2.75, 3.05) is 0 Å². The molecule has 78 valence electrons. The first kappa shape index (κ1) is 12.5. The van der Waals surface area contributed by atoms with Gasteiger partial charge in [-0.25, -0.2) is 0 Å². The van der Waals surface area contributed by atoms with Gasteiger partial charge in [0.1, 0.15) is 0 Å². The van der Waals surface area contributed by atoms with Gasteiger partial charge >= 0.3 is 0 Å². The zero-order valence-electron chi connectivity index (χ0n) is 8.96. The number of rotatable bonds is 2. The van der Waals surface area contributed by atoms with Crippen LogP contribution in [-0.4, -0.2) is 6.41 Å². The Labute approximate surface area is 81.9 Å². The third-order valence-corrected chi connectivity index (χ3v) is 2.53. The van der Waals surface area contributed by atoms with E-state index in [1.807, 2.05) is 0 Å². The molecule has 2 nitrogen and oxygen atoms in total. The van der Waals surface area contributed by atoms with Gasteiger partial charge in [0, 0.05) is 0 Å². The summed E-state index contributed by atoms with van der Waals surface area (Å²) in [6, 6.07) is 0. The molecule has 0 aromatic heterocycles. The smallest absolute Gasteiger partial charge is 0.204 e. The molecule has 1 amide bonds. The molecule has 0 aliphatic heterocycles. The fourth-order valence-electron chi connectivity index (χ4n) is 2.09. The van der Waals surface area contributed by atoms with E-state index in [2.05, 4.69) is 19.6 Å².